The van der Waals surface area contributed by atoms with Gasteiger partial charge in [0.2, 0.25) is 0 Å². The molecule has 0 radical (unpaired) electrons. The summed E-state index contributed by atoms with van der Waals surface area (Å²) >= 11 is 0. The summed E-state index contributed by atoms with van der Waals surface area (Å²) in [4.78, 5) is 4.33. The van der Waals surface area contributed by atoms with Gasteiger partial charge in [-0.15, -0.1) is 0 Å². The monoisotopic (exact) mass is 190 g/mol. The maximum atomic E-state index is 6.12. The van der Waals surface area contributed by atoms with Gasteiger partial charge in [0.25, 0.3) is 0 Å². The van der Waals surface area contributed by atoms with E-state index in [2.05, 4.69) is 17.1 Å². The molecule has 1 aliphatic carbocycles. The van der Waals surface area contributed by atoms with Gasteiger partial charge in [-0.3, -0.25) is 4.98 Å². The highest BCUT2D eigenvalue weighted by molar-refractivity contribution is 5.20. The lowest BCUT2D eigenvalue weighted by atomic mass is 9.81. The van der Waals surface area contributed by atoms with Crippen LogP contribution >= 0.6 is 0 Å². The van der Waals surface area contributed by atoms with Crippen LogP contribution in [0.3, 0.4) is 0 Å². The van der Waals surface area contributed by atoms with E-state index >= 15 is 0 Å². The third kappa shape index (κ3) is 1.95. The number of rotatable bonds is 1. The summed E-state index contributed by atoms with van der Waals surface area (Å²) < 4.78 is 0. The Morgan fingerprint density at radius 2 is 2.07 bits per heavy atom. The van der Waals surface area contributed by atoms with E-state index in [1.54, 1.807) is 0 Å². The molecule has 1 aromatic heterocycles. The van der Waals surface area contributed by atoms with E-state index in [9.17, 15) is 0 Å². The molecular weight excluding hydrogens is 172 g/mol. The quantitative estimate of drug-likeness (QED) is 0.738. The molecule has 2 heteroatoms. The van der Waals surface area contributed by atoms with Crippen molar-refractivity contribution >= 4 is 0 Å². The Hall–Kier alpha value is -0.890. The average molecular weight is 190 g/mol. The van der Waals surface area contributed by atoms with Gasteiger partial charge in [-0.25, -0.2) is 0 Å². The van der Waals surface area contributed by atoms with Crippen LogP contribution in [0, 0.1) is 6.92 Å². The topological polar surface area (TPSA) is 38.9 Å². The number of aryl methyl sites for hydroxylation is 1. The minimum atomic E-state index is 0.341. The molecule has 0 amide bonds. The molecular formula is C12H18N2. The van der Waals surface area contributed by atoms with E-state index in [0.717, 1.165) is 5.69 Å². The van der Waals surface area contributed by atoms with E-state index in [0.29, 0.717) is 12.0 Å². The maximum absolute atomic E-state index is 6.12. The first-order valence-corrected chi connectivity index (χ1v) is 5.45. The highest BCUT2D eigenvalue weighted by Crippen LogP contribution is 2.31. The number of nitrogens with two attached hydrogens (primary N) is 1. The van der Waals surface area contributed by atoms with Gasteiger partial charge in [-0.05, 0) is 31.4 Å². The fourth-order valence-corrected chi connectivity index (χ4v) is 2.27. The van der Waals surface area contributed by atoms with Crippen LogP contribution in [-0.2, 0) is 0 Å². The first-order valence-electron chi connectivity index (χ1n) is 5.45. The lowest BCUT2D eigenvalue weighted by Crippen LogP contribution is -2.31. The second kappa shape index (κ2) is 4.09. The molecule has 0 spiro atoms. The minimum absolute atomic E-state index is 0.341. The summed E-state index contributed by atoms with van der Waals surface area (Å²) in [5.74, 6) is 0.539. The molecule has 0 saturated heterocycles. The van der Waals surface area contributed by atoms with Crippen LogP contribution in [0.4, 0.5) is 0 Å². The van der Waals surface area contributed by atoms with Crippen molar-refractivity contribution < 1.29 is 0 Å². The van der Waals surface area contributed by atoms with Gasteiger partial charge in [0.15, 0.2) is 0 Å². The van der Waals surface area contributed by atoms with Crippen LogP contribution in [0.15, 0.2) is 18.3 Å². The third-order valence-corrected chi connectivity index (χ3v) is 3.18. The van der Waals surface area contributed by atoms with Crippen LogP contribution in [0.25, 0.3) is 0 Å². The van der Waals surface area contributed by atoms with E-state index in [4.69, 9.17) is 5.73 Å². The first kappa shape index (κ1) is 9.66. The Kier molecular flexibility index (Phi) is 2.82. The van der Waals surface area contributed by atoms with Crippen molar-refractivity contribution in [3.8, 4) is 0 Å². The van der Waals surface area contributed by atoms with Gasteiger partial charge < -0.3 is 5.73 Å². The second-order valence-corrected chi connectivity index (χ2v) is 4.29. The number of hydrogen-bond acceptors (Lipinski definition) is 2. The molecule has 1 fully saturated rings. The molecule has 14 heavy (non-hydrogen) atoms. The van der Waals surface area contributed by atoms with Crippen molar-refractivity contribution in [3.05, 3.63) is 29.6 Å². The van der Waals surface area contributed by atoms with Gasteiger partial charge in [0, 0.05) is 23.9 Å². The van der Waals surface area contributed by atoms with Crippen molar-refractivity contribution in [2.75, 3.05) is 0 Å². The Morgan fingerprint density at radius 3 is 2.71 bits per heavy atom. The summed E-state index contributed by atoms with van der Waals surface area (Å²) in [6, 6.07) is 4.60. The number of aromatic nitrogens is 1. The molecule has 1 aromatic rings. The summed E-state index contributed by atoms with van der Waals surface area (Å²) in [5.41, 5.74) is 8.52. The van der Waals surface area contributed by atoms with Crippen LogP contribution in [0.5, 0.6) is 0 Å². The number of nitrogens with zero attached hydrogens (tertiary/aromatic N) is 1. The summed E-state index contributed by atoms with van der Waals surface area (Å²) in [5, 5.41) is 0. The summed E-state index contributed by atoms with van der Waals surface area (Å²) in [6.07, 6.45) is 6.98. The van der Waals surface area contributed by atoms with Crippen LogP contribution in [-0.4, -0.2) is 11.0 Å². The third-order valence-electron chi connectivity index (χ3n) is 3.18. The summed E-state index contributed by atoms with van der Waals surface area (Å²) in [7, 11) is 0. The smallest absolute Gasteiger partial charge is 0.0372 e. The van der Waals surface area contributed by atoms with E-state index < -0.39 is 0 Å². The Bertz CT molecular complexity index is 292. The lowest BCUT2D eigenvalue weighted by molar-refractivity contribution is 0.385. The zero-order chi connectivity index (χ0) is 9.97. The van der Waals surface area contributed by atoms with Crippen LogP contribution in [0.1, 0.15) is 42.9 Å². The molecule has 1 saturated carbocycles. The van der Waals surface area contributed by atoms with Crippen molar-refractivity contribution in [2.24, 2.45) is 5.73 Å². The van der Waals surface area contributed by atoms with E-state index in [-0.39, 0.29) is 0 Å². The standard InChI is InChI=1S/C12H18N2/c1-9-6-7-10(8-14-9)11-4-2-3-5-12(11)13/h6-8,11-12H,2-5,13H2,1H3. The Labute approximate surface area is 85.5 Å². The molecule has 2 nitrogen and oxygen atoms in total. The maximum Gasteiger partial charge on any atom is 0.0372 e. The fourth-order valence-electron chi connectivity index (χ4n) is 2.27. The van der Waals surface area contributed by atoms with Gasteiger partial charge >= 0.3 is 0 Å². The van der Waals surface area contributed by atoms with Crippen LogP contribution in [0.2, 0.25) is 0 Å². The van der Waals surface area contributed by atoms with Crippen molar-refractivity contribution in [2.45, 2.75) is 44.6 Å². The molecule has 0 aliphatic heterocycles. The van der Waals surface area contributed by atoms with Gasteiger partial charge in [-0.1, -0.05) is 18.9 Å². The van der Waals surface area contributed by atoms with Crippen molar-refractivity contribution in [1.29, 1.82) is 0 Å². The Balaban J connectivity index is 2.16. The molecule has 1 aliphatic rings. The molecule has 0 bridgehead atoms. The molecule has 0 aromatic carbocycles. The first-order chi connectivity index (χ1) is 6.77. The molecule has 2 unspecified atom stereocenters. The molecule has 2 rings (SSSR count). The highest BCUT2D eigenvalue weighted by Gasteiger charge is 2.23. The molecule has 2 N–H and O–H groups in total. The minimum Gasteiger partial charge on any atom is -0.327 e. The van der Waals surface area contributed by atoms with Crippen LogP contribution < -0.4 is 5.73 Å². The average Bonchev–Trinajstić information content (AvgIpc) is 2.20. The molecule has 2 atom stereocenters. The van der Waals surface area contributed by atoms with E-state index in [1.807, 2.05) is 13.1 Å². The van der Waals surface area contributed by atoms with Gasteiger partial charge in [0.05, 0.1) is 0 Å². The van der Waals surface area contributed by atoms with Crippen molar-refractivity contribution in [1.82, 2.24) is 4.98 Å². The van der Waals surface area contributed by atoms with Gasteiger partial charge in [-0.2, -0.15) is 0 Å². The highest BCUT2D eigenvalue weighted by atomic mass is 14.7. The second-order valence-electron chi connectivity index (χ2n) is 4.29. The molecule has 76 valence electrons. The van der Waals surface area contributed by atoms with E-state index in [1.165, 1.54) is 31.2 Å². The summed E-state index contributed by atoms with van der Waals surface area (Å²) in [6.45, 7) is 2.02. The predicted molar refractivity (Wildman–Crippen MR) is 58.2 cm³/mol. The lowest BCUT2D eigenvalue weighted by Gasteiger charge is -2.28. The normalized spacial score (nSPS) is 27.6. The zero-order valence-electron chi connectivity index (χ0n) is 8.74. The molecule has 1 heterocycles. The predicted octanol–water partition coefficient (Wildman–Crippen LogP) is 2.37. The number of pyridine rings is 1. The fraction of sp³-hybridized carbons (Fsp3) is 0.583. The van der Waals surface area contributed by atoms with Gasteiger partial charge in [0.1, 0.15) is 0 Å². The largest absolute Gasteiger partial charge is 0.327 e. The SMILES string of the molecule is Cc1ccc(C2CCCCC2N)cn1. The van der Waals surface area contributed by atoms with Crippen molar-refractivity contribution in [3.63, 3.8) is 0 Å². The number of hydrogen-bond donors (Lipinski definition) is 1. The Morgan fingerprint density at radius 1 is 1.29 bits per heavy atom. The zero-order valence-corrected chi connectivity index (χ0v) is 8.74.